The average molecular weight is 396 g/mol. The molecule has 6 heteroatoms. The highest BCUT2D eigenvalue weighted by molar-refractivity contribution is 5.98. The molecule has 4 bridgehead atoms. The monoisotopic (exact) mass is 395 g/mol. The molecule has 4 saturated carbocycles. The lowest BCUT2D eigenvalue weighted by atomic mass is 9.53. The highest BCUT2D eigenvalue weighted by atomic mass is 16.2. The molecule has 6 rings (SSSR count). The Morgan fingerprint density at radius 1 is 1.00 bits per heavy atom. The number of benzene rings is 1. The van der Waals surface area contributed by atoms with Gasteiger partial charge in [0.1, 0.15) is 0 Å². The Balaban J connectivity index is 1.15. The lowest BCUT2D eigenvalue weighted by Crippen LogP contribution is -2.61. The van der Waals surface area contributed by atoms with Crippen LogP contribution in [0.1, 0.15) is 61.7 Å². The molecule has 3 amide bonds. The zero-order valence-corrected chi connectivity index (χ0v) is 16.8. The van der Waals surface area contributed by atoms with E-state index in [-0.39, 0.29) is 29.8 Å². The van der Waals surface area contributed by atoms with E-state index in [0.29, 0.717) is 12.0 Å². The molecule has 0 spiro atoms. The first-order valence-corrected chi connectivity index (χ1v) is 11.0. The molecule has 6 nitrogen and oxygen atoms in total. The number of nitrogens with zero attached hydrogens (tertiary/aromatic N) is 1. The van der Waals surface area contributed by atoms with E-state index in [4.69, 9.17) is 0 Å². The molecule has 5 aliphatic rings. The number of hydrogen-bond donors (Lipinski definition) is 2. The quantitative estimate of drug-likeness (QED) is 0.804. The van der Waals surface area contributed by atoms with Crippen molar-refractivity contribution in [2.24, 2.45) is 17.8 Å². The maximum Gasteiger partial charge on any atom is 0.251 e. The minimum Gasteiger partial charge on any atom is -0.349 e. The first-order valence-electron chi connectivity index (χ1n) is 11.0. The number of rotatable bonds is 5. The summed E-state index contributed by atoms with van der Waals surface area (Å²) in [5.41, 5.74) is 1.30. The molecular weight excluding hydrogens is 366 g/mol. The smallest absolute Gasteiger partial charge is 0.251 e. The summed E-state index contributed by atoms with van der Waals surface area (Å²) in [6.07, 6.45) is 8.79. The molecule has 1 aromatic carbocycles. The van der Waals surface area contributed by atoms with Gasteiger partial charge in [-0.05, 0) is 87.0 Å². The van der Waals surface area contributed by atoms with Crippen molar-refractivity contribution in [3.63, 3.8) is 0 Å². The van der Waals surface area contributed by atoms with Gasteiger partial charge < -0.3 is 15.5 Å². The maximum atomic E-state index is 12.6. The number of carbonyl (C=O) groups is 3. The van der Waals surface area contributed by atoms with Crippen molar-refractivity contribution in [3.05, 3.63) is 29.8 Å². The molecule has 0 aromatic heterocycles. The van der Waals surface area contributed by atoms with Crippen LogP contribution in [0.15, 0.2) is 24.3 Å². The molecule has 1 saturated heterocycles. The van der Waals surface area contributed by atoms with Crippen molar-refractivity contribution in [1.29, 1.82) is 0 Å². The Labute approximate surface area is 171 Å². The van der Waals surface area contributed by atoms with Crippen LogP contribution >= 0.6 is 0 Å². The van der Waals surface area contributed by atoms with Crippen LogP contribution in [-0.4, -0.2) is 36.3 Å². The molecule has 4 aliphatic carbocycles. The molecule has 0 radical (unpaired) electrons. The third-order valence-electron chi connectivity index (χ3n) is 7.37. The molecule has 5 fully saturated rings. The number of hydrogen-bond acceptors (Lipinski definition) is 3. The van der Waals surface area contributed by atoms with E-state index in [1.54, 1.807) is 29.2 Å². The van der Waals surface area contributed by atoms with Crippen molar-refractivity contribution in [2.45, 2.75) is 56.9 Å². The SMILES string of the molecule is O=C(CNC(=O)c1ccc(N2CCCC2=O)cc1)NC12CC3CC(CC(C3)C1)C2. The molecule has 1 aromatic rings. The molecule has 0 unspecified atom stereocenters. The van der Waals surface area contributed by atoms with Gasteiger partial charge in [-0.1, -0.05) is 0 Å². The van der Waals surface area contributed by atoms with Crippen LogP contribution < -0.4 is 15.5 Å². The number of carbonyl (C=O) groups excluding carboxylic acids is 3. The van der Waals surface area contributed by atoms with Crippen LogP contribution in [0.25, 0.3) is 0 Å². The van der Waals surface area contributed by atoms with Gasteiger partial charge in [0.05, 0.1) is 6.54 Å². The largest absolute Gasteiger partial charge is 0.349 e. The highest BCUT2D eigenvalue weighted by Gasteiger charge is 2.51. The Morgan fingerprint density at radius 2 is 1.62 bits per heavy atom. The van der Waals surface area contributed by atoms with Gasteiger partial charge in [0.15, 0.2) is 0 Å². The van der Waals surface area contributed by atoms with Gasteiger partial charge in [-0.15, -0.1) is 0 Å². The van der Waals surface area contributed by atoms with E-state index in [2.05, 4.69) is 10.6 Å². The van der Waals surface area contributed by atoms with Gasteiger partial charge in [0.25, 0.3) is 5.91 Å². The van der Waals surface area contributed by atoms with Gasteiger partial charge in [0, 0.05) is 29.8 Å². The highest BCUT2D eigenvalue weighted by Crippen LogP contribution is 2.55. The maximum absolute atomic E-state index is 12.6. The zero-order valence-electron chi connectivity index (χ0n) is 16.8. The second-order valence-corrected chi connectivity index (χ2v) is 9.62. The van der Waals surface area contributed by atoms with Gasteiger partial charge in [-0.2, -0.15) is 0 Å². The van der Waals surface area contributed by atoms with Gasteiger partial charge in [0.2, 0.25) is 11.8 Å². The van der Waals surface area contributed by atoms with Crippen molar-refractivity contribution in [2.75, 3.05) is 18.0 Å². The average Bonchev–Trinajstić information content (AvgIpc) is 3.11. The summed E-state index contributed by atoms with van der Waals surface area (Å²) in [6.45, 7) is 0.738. The third-order valence-corrected chi connectivity index (χ3v) is 7.37. The van der Waals surface area contributed by atoms with Crippen LogP contribution in [0, 0.1) is 17.8 Å². The molecule has 0 atom stereocenters. The molecule has 2 N–H and O–H groups in total. The fraction of sp³-hybridized carbons (Fsp3) is 0.609. The van der Waals surface area contributed by atoms with E-state index in [1.807, 2.05) is 0 Å². The third kappa shape index (κ3) is 3.65. The Hall–Kier alpha value is -2.37. The van der Waals surface area contributed by atoms with E-state index >= 15 is 0 Å². The Morgan fingerprint density at radius 3 is 2.17 bits per heavy atom. The van der Waals surface area contributed by atoms with Crippen molar-refractivity contribution >= 4 is 23.4 Å². The first-order chi connectivity index (χ1) is 14.0. The van der Waals surface area contributed by atoms with E-state index < -0.39 is 0 Å². The summed E-state index contributed by atoms with van der Waals surface area (Å²) in [6, 6.07) is 7.03. The Kier molecular flexibility index (Phi) is 4.60. The summed E-state index contributed by atoms with van der Waals surface area (Å²) in [7, 11) is 0. The van der Waals surface area contributed by atoms with Crippen LogP contribution in [0.3, 0.4) is 0 Å². The second kappa shape index (κ2) is 7.15. The number of amides is 3. The molecule has 1 heterocycles. The number of nitrogens with one attached hydrogen (secondary N) is 2. The molecule has 154 valence electrons. The standard InChI is InChI=1S/C23H29N3O3/c27-20(25-23-11-15-8-16(12-23)10-17(9-15)13-23)14-24-22(29)18-3-5-19(6-4-18)26-7-1-2-21(26)28/h3-6,15-17H,1-2,7-14H2,(H,24,29)(H,25,27). The fourth-order valence-electron chi connectivity index (χ4n) is 6.58. The van der Waals surface area contributed by atoms with Gasteiger partial charge in [-0.3, -0.25) is 14.4 Å². The Bertz CT molecular complexity index is 797. The summed E-state index contributed by atoms with van der Waals surface area (Å²) in [5.74, 6) is 2.11. The van der Waals surface area contributed by atoms with E-state index in [1.165, 1.54) is 19.3 Å². The lowest BCUT2D eigenvalue weighted by molar-refractivity contribution is -0.125. The molecule has 1 aliphatic heterocycles. The molecule has 29 heavy (non-hydrogen) atoms. The van der Waals surface area contributed by atoms with Crippen LogP contribution in [0.5, 0.6) is 0 Å². The summed E-state index contributed by atoms with van der Waals surface area (Å²) in [4.78, 5) is 38.6. The number of anilines is 1. The fourth-order valence-corrected chi connectivity index (χ4v) is 6.58. The predicted octanol–water partition coefficient (Wildman–Crippen LogP) is 2.63. The van der Waals surface area contributed by atoms with Gasteiger partial charge >= 0.3 is 0 Å². The topological polar surface area (TPSA) is 78.5 Å². The predicted molar refractivity (Wildman–Crippen MR) is 109 cm³/mol. The first kappa shape index (κ1) is 18.6. The lowest BCUT2D eigenvalue weighted by Gasteiger charge is -2.56. The van der Waals surface area contributed by atoms with Crippen LogP contribution in [-0.2, 0) is 9.59 Å². The van der Waals surface area contributed by atoms with Crippen molar-refractivity contribution < 1.29 is 14.4 Å². The minimum atomic E-state index is -0.259. The summed E-state index contributed by atoms with van der Waals surface area (Å²) >= 11 is 0. The second-order valence-electron chi connectivity index (χ2n) is 9.62. The van der Waals surface area contributed by atoms with Crippen LogP contribution in [0.2, 0.25) is 0 Å². The van der Waals surface area contributed by atoms with Crippen LogP contribution in [0.4, 0.5) is 5.69 Å². The zero-order chi connectivity index (χ0) is 20.0. The van der Waals surface area contributed by atoms with Gasteiger partial charge in [-0.25, -0.2) is 0 Å². The molecular formula is C23H29N3O3. The summed E-state index contributed by atoms with van der Waals surface area (Å²) in [5, 5.41) is 6.03. The van der Waals surface area contributed by atoms with Crippen molar-refractivity contribution in [3.8, 4) is 0 Å². The van der Waals surface area contributed by atoms with E-state index in [0.717, 1.165) is 55.7 Å². The minimum absolute atomic E-state index is 0.00689. The summed E-state index contributed by atoms with van der Waals surface area (Å²) < 4.78 is 0. The van der Waals surface area contributed by atoms with Crippen molar-refractivity contribution in [1.82, 2.24) is 10.6 Å². The van der Waals surface area contributed by atoms with E-state index in [9.17, 15) is 14.4 Å². The normalized spacial score (nSPS) is 32.5.